The number of anilines is 2. The summed E-state index contributed by atoms with van der Waals surface area (Å²) in [6.45, 7) is 3.23. The Morgan fingerprint density at radius 3 is 2.62 bits per heavy atom. The largest absolute Gasteiger partial charge is 0.315 e. The van der Waals surface area contributed by atoms with E-state index in [2.05, 4.69) is 0 Å². The summed E-state index contributed by atoms with van der Waals surface area (Å²) in [4.78, 5) is 45.9. The van der Waals surface area contributed by atoms with E-state index in [1.54, 1.807) is 23.1 Å². The third-order valence-electron chi connectivity index (χ3n) is 7.83. The van der Waals surface area contributed by atoms with Crippen LogP contribution in [0.3, 0.4) is 0 Å². The van der Waals surface area contributed by atoms with E-state index >= 15 is 0 Å². The maximum absolute atomic E-state index is 14.1. The maximum atomic E-state index is 14.1. The number of rotatable bonds is 2. The number of hydrogen-bond acceptors (Lipinski definition) is 3. The first kappa shape index (κ1) is 20.2. The number of nitrogens with zero attached hydrogens (tertiary/aromatic N) is 2. The van der Waals surface area contributed by atoms with Crippen molar-refractivity contribution < 1.29 is 19.3 Å². The van der Waals surface area contributed by atoms with Gasteiger partial charge < -0.3 is 9.80 Å². The van der Waals surface area contributed by atoms with Crippen molar-refractivity contribution in [3.05, 3.63) is 58.1 Å². The molecule has 3 saturated heterocycles. The number of para-hydroxylation sites is 1. The molecule has 0 saturated carbocycles. The molecule has 0 aliphatic carbocycles. The molecule has 4 heterocycles. The first-order valence-electron chi connectivity index (χ1n) is 11.0. The van der Waals surface area contributed by atoms with Crippen molar-refractivity contribution in [1.29, 1.82) is 0 Å². The Hall–Kier alpha value is -2.41. The van der Waals surface area contributed by atoms with Crippen LogP contribution in [0.2, 0.25) is 10.0 Å². The number of likely N-dealkylation sites (N-methyl/N-ethyl adjacent to an activating group) is 1. The fourth-order valence-electron chi connectivity index (χ4n) is 6.81. The Bertz CT molecular complexity index is 1200. The molecule has 1 unspecified atom stereocenters. The van der Waals surface area contributed by atoms with Gasteiger partial charge in [0.15, 0.2) is 0 Å². The lowest BCUT2D eigenvalue weighted by atomic mass is 9.75. The van der Waals surface area contributed by atoms with Crippen molar-refractivity contribution in [1.82, 2.24) is 0 Å². The van der Waals surface area contributed by atoms with Gasteiger partial charge in [-0.15, -0.1) is 0 Å². The molecular weight excluding hydrogens is 449 g/mol. The molecule has 32 heavy (non-hydrogen) atoms. The van der Waals surface area contributed by atoms with Crippen molar-refractivity contribution in [2.45, 2.75) is 31.3 Å². The minimum Gasteiger partial charge on any atom is -0.315 e. The van der Waals surface area contributed by atoms with E-state index in [0.717, 1.165) is 35.5 Å². The lowest BCUT2D eigenvalue weighted by Gasteiger charge is -2.34. The van der Waals surface area contributed by atoms with Crippen LogP contribution in [0, 0.1) is 11.8 Å². The number of nitrogens with one attached hydrogen (secondary N) is 1. The van der Waals surface area contributed by atoms with E-state index in [4.69, 9.17) is 23.2 Å². The first-order chi connectivity index (χ1) is 15.4. The number of halogens is 2. The molecule has 0 aromatic heterocycles. The van der Waals surface area contributed by atoms with E-state index in [-0.39, 0.29) is 28.8 Å². The number of benzene rings is 2. The second kappa shape index (κ2) is 6.80. The summed E-state index contributed by atoms with van der Waals surface area (Å²) in [5.74, 6) is -2.01. The van der Waals surface area contributed by atoms with E-state index in [1.807, 2.05) is 31.2 Å². The van der Waals surface area contributed by atoms with Gasteiger partial charge in [-0.3, -0.25) is 14.4 Å². The van der Waals surface area contributed by atoms with E-state index in [9.17, 15) is 14.4 Å². The van der Waals surface area contributed by atoms with Crippen LogP contribution < -0.4 is 14.7 Å². The Kier molecular flexibility index (Phi) is 4.29. The highest BCUT2D eigenvalue weighted by molar-refractivity contribution is 6.38. The number of carbonyl (C=O) groups is 3. The van der Waals surface area contributed by atoms with Gasteiger partial charge >= 0.3 is 0 Å². The van der Waals surface area contributed by atoms with Crippen LogP contribution in [0.15, 0.2) is 42.5 Å². The minimum atomic E-state index is -1.08. The van der Waals surface area contributed by atoms with Crippen LogP contribution >= 0.6 is 23.2 Å². The molecule has 2 aromatic rings. The SMILES string of the molecule is CCN1C(=O)[C@]2(c3ccccc31)[C@@H]1C(=O)N(c3cc(Cl)ccc3Cl)C(=O)[C@@H]1[C@@H]1CCC[NH+]12. The van der Waals surface area contributed by atoms with Gasteiger partial charge in [0.25, 0.3) is 5.91 Å². The highest BCUT2D eigenvalue weighted by Gasteiger charge is 2.79. The van der Waals surface area contributed by atoms with Crippen LogP contribution in [-0.4, -0.2) is 36.9 Å². The van der Waals surface area contributed by atoms with Crippen LogP contribution in [0.1, 0.15) is 25.3 Å². The Morgan fingerprint density at radius 2 is 1.84 bits per heavy atom. The van der Waals surface area contributed by atoms with Gasteiger partial charge in [0.1, 0.15) is 17.9 Å². The summed E-state index contributed by atoms with van der Waals surface area (Å²) in [6.07, 6.45) is 1.74. The normalized spacial score (nSPS) is 32.8. The van der Waals surface area contributed by atoms with Crippen LogP contribution in [0.5, 0.6) is 0 Å². The van der Waals surface area contributed by atoms with Gasteiger partial charge in [-0.25, -0.2) is 4.90 Å². The van der Waals surface area contributed by atoms with E-state index in [1.165, 1.54) is 4.90 Å². The number of quaternary nitrogens is 1. The highest BCUT2D eigenvalue weighted by Crippen LogP contribution is 2.54. The molecule has 3 amide bonds. The van der Waals surface area contributed by atoms with E-state index < -0.39 is 17.4 Å². The first-order valence-corrected chi connectivity index (χ1v) is 11.8. The number of amides is 3. The molecular formula is C24H22Cl2N3O3+. The Labute approximate surface area is 195 Å². The zero-order valence-corrected chi connectivity index (χ0v) is 19.0. The number of hydrogen-bond donors (Lipinski definition) is 1. The highest BCUT2D eigenvalue weighted by atomic mass is 35.5. The molecule has 0 bridgehead atoms. The van der Waals surface area contributed by atoms with Gasteiger partial charge in [0.2, 0.25) is 17.4 Å². The molecule has 6 rings (SSSR count). The second-order valence-corrected chi connectivity index (χ2v) is 9.85. The van der Waals surface area contributed by atoms with Crippen molar-refractivity contribution in [3.8, 4) is 0 Å². The molecule has 164 valence electrons. The third kappa shape index (κ3) is 2.23. The quantitative estimate of drug-likeness (QED) is 0.685. The zero-order valence-electron chi connectivity index (χ0n) is 17.5. The molecule has 4 aliphatic rings. The number of carbonyl (C=O) groups excluding carboxylic acids is 3. The van der Waals surface area contributed by atoms with Crippen molar-refractivity contribution in [2.24, 2.45) is 11.8 Å². The molecule has 3 fully saturated rings. The minimum absolute atomic E-state index is 0.0733. The number of fused-ring (bicyclic) bond motifs is 7. The summed E-state index contributed by atoms with van der Waals surface area (Å²) in [5.41, 5.74) is 0.925. The lowest BCUT2D eigenvalue weighted by Crippen LogP contribution is -3.20. The standard InChI is InChI=1S/C24H21Cl2N3O3/c1-2-27-16-7-4-3-6-14(16)24(23(27)32)20-19(17-8-5-11-28(17)24)21(30)29(22(20)31)18-12-13(25)9-10-15(18)26/h3-4,6-7,9-10,12,17,19-20H,2,5,8,11H2,1H3/p+1/t17-,19+,20-,24-/m0/s1. The van der Waals surface area contributed by atoms with Crippen molar-refractivity contribution in [2.75, 3.05) is 22.9 Å². The predicted octanol–water partition coefficient (Wildman–Crippen LogP) is 2.42. The Balaban J connectivity index is 1.58. The topological polar surface area (TPSA) is 62.1 Å². The molecule has 1 spiro atoms. The van der Waals surface area contributed by atoms with Crippen LogP contribution in [0.4, 0.5) is 11.4 Å². The maximum Gasteiger partial charge on any atom is 0.294 e. The molecule has 0 radical (unpaired) electrons. The van der Waals surface area contributed by atoms with Crippen LogP contribution in [-0.2, 0) is 19.9 Å². The molecule has 2 aromatic carbocycles. The van der Waals surface area contributed by atoms with Gasteiger partial charge in [-0.2, -0.15) is 0 Å². The molecule has 8 heteroatoms. The molecule has 6 nitrogen and oxygen atoms in total. The summed E-state index contributed by atoms with van der Waals surface area (Å²) in [6, 6.07) is 12.4. The van der Waals surface area contributed by atoms with Gasteiger partial charge in [-0.1, -0.05) is 41.4 Å². The molecule has 1 N–H and O–H groups in total. The summed E-state index contributed by atoms with van der Waals surface area (Å²) in [5, 5.41) is 0.679. The summed E-state index contributed by atoms with van der Waals surface area (Å²) >= 11 is 12.6. The molecule has 4 aliphatic heterocycles. The van der Waals surface area contributed by atoms with Crippen LogP contribution in [0.25, 0.3) is 0 Å². The fraction of sp³-hybridized carbons (Fsp3) is 0.375. The second-order valence-electron chi connectivity index (χ2n) is 9.01. The monoisotopic (exact) mass is 470 g/mol. The lowest BCUT2D eigenvalue weighted by molar-refractivity contribution is -0.948. The van der Waals surface area contributed by atoms with E-state index in [0.29, 0.717) is 17.3 Å². The van der Waals surface area contributed by atoms with Gasteiger partial charge in [0.05, 0.1) is 22.9 Å². The predicted molar refractivity (Wildman–Crippen MR) is 121 cm³/mol. The third-order valence-corrected chi connectivity index (χ3v) is 8.39. The molecule has 5 atom stereocenters. The van der Waals surface area contributed by atoms with Crippen molar-refractivity contribution >= 4 is 52.3 Å². The Morgan fingerprint density at radius 1 is 1.06 bits per heavy atom. The van der Waals surface area contributed by atoms with Crippen molar-refractivity contribution in [3.63, 3.8) is 0 Å². The van der Waals surface area contributed by atoms with Gasteiger partial charge in [-0.05, 0) is 31.2 Å². The summed E-state index contributed by atoms with van der Waals surface area (Å²) < 4.78 is 0. The smallest absolute Gasteiger partial charge is 0.294 e. The summed E-state index contributed by atoms with van der Waals surface area (Å²) in [7, 11) is 0. The van der Waals surface area contributed by atoms with Gasteiger partial charge in [0, 0.05) is 30.0 Å². The number of imide groups is 1. The average molecular weight is 471 g/mol. The average Bonchev–Trinajstić information content (AvgIpc) is 3.48. The fourth-order valence-corrected chi connectivity index (χ4v) is 7.18. The zero-order chi connectivity index (χ0) is 22.4.